The molecule has 18 heavy (non-hydrogen) atoms. The lowest BCUT2D eigenvalue weighted by molar-refractivity contribution is 0.0213. The van der Waals surface area contributed by atoms with Gasteiger partial charge in [-0.05, 0) is 38.6 Å². The lowest BCUT2D eigenvalue weighted by Gasteiger charge is -2.41. The minimum Gasteiger partial charge on any atom is -0.383 e. The molecule has 0 amide bonds. The summed E-state index contributed by atoms with van der Waals surface area (Å²) in [6, 6.07) is 8.18. The minimum atomic E-state index is -0.173. The van der Waals surface area contributed by atoms with Gasteiger partial charge in [0.25, 0.3) is 0 Å². The second-order valence-electron chi connectivity index (χ2n) is 4.97. The first-order valence-electron chi connectivity index (χ1n) is 6.12. The molecule has 2 atom stereocenters. The van der Waals surface area contributed by atoms with Crippen LogP contribution in [0.3, 0.4) is 0 Å². The molecule has 102 valence electrons. The zero-order valence-electron chi connectivity index (χ0n) is 11.6. The molecule has 1 rings (SSSR count). The van der Waals surface area contributed by atoms with Gasteiger partial charge in [0.15, 0.2) is 0 Å². The maximum Gasteiger partial charge on any atom is 0.0656 e. The summed E-state index contributed by atoms with van der Waals surface area (Å²) in [6.45, 7) is 5.43. The van der Waals surface area contributed by atoms with Crippen LogP contribution >= 0.6 is 11.6 Å². The highest BCUT2D eigenvalue weighted by Gasteiger charge is 2.31. The fraction of sp³-hybridized carbons (Fsp3) is 0.571. The van der Waals surface area contributed by atoms with Gasteiger partial charge in [-0.3, -0.25) is 4.90 Å². The summed E-state index contributed by atoms with van der Waals surface area (Å²) < 4.78 is 5.28. The molecule has 1 aromatic carbocycles. The molecule has 1 aromatic rings. The third-order valence-corrected chi connectivity index (χ3v) is 3.93. The number of likely N-dealkylation sites (N-methyl/N-ethyl adjacent to an activating group) is 1. The third-order valence-electron chi connectivity index (χ3n) is 3.68. The van der Waals surface area contributed by atoms with Gasteiger partial charge in [-0.15, -0.1) is 0 Å². The Morgan fingerprint density at radius 1 is 1.39 bits per heavy atom. The number of nitrogens with two attached hydrogens (primary N) is 1. The van der Waals surface area contributed by atoms with Gasteiger partial charge in [-0.1, -0.05) is 23.7 Å². The van der Waals surface area contributed by atoms with E-state index in [4.69, 9.17) is 22.1 Å². The Kier molecular flexibility index (Phi) is 5.60. The molecule has 2 unspecified atom stereocenters. The first-order valence-corrected chi connectivity index (χ1v) is 6.50. The van der Waals surface area contributed by atoms with E-state index in [0.717, 1.165) is 5.02 Å². The molecule has 0 heterocycles. The molecule has 0 aliphatic carbocycles. The SMILES string of the molecule is COCC(C)(CN)N(C)C(C)c1ccc(Cl)cc1. The van der Waals surface area contributed by atoms with E-state index >= 15 is 0 Å². The van der Waals surface area contributed by atoms with Crippen molar-refractivity contribution < 1.29 is 4.74 Å². The number of benzene rings is 1. The first kappa shape index (κ1) is 15.4. The standard InChI is InChI=1S/C14H23ClN2O/c1-11(12-5-7-13(15)8-6-12)17(3)14(2,9-16)10-18-4/h5-8,11H,9-10,16H2,1-4H3. The molecule has 2 N–H and O–H groups in total. The van der Waals surface area contributed by atoms with Gasteiger partial charge in [-0.25, -0.2) is 0 Å². The topological polar surface area (TPSA) is 38.5 Å². The Morgan fingerprint density at radius 3 is 2.39 bits per heavy atom. The summed E-state index contributed by atoms with van der Waals surface area (Å²) in [5, 5.41) is 0.757. The van der Waals surface area contributed by atoms with Crippen LogP contribution in [-0.4, -0.2) is 37.7 Å². The van der Waals surface area contributed by atoms with Crippen molar-refractivity contribution in [2.24, 2.45) is 5.73 Å². The molecule has 3 nitrogen and oxygen atoms in total. The highest BCUT2D eigenvalue weighted by molar-refractivity contribution is 6.30. The summed E-state index contributed by atoms with van der Waals surface area (Å²) in [5.41, 5.74) is 6.94. The smallest absolute Gasteiger partial charge is 0.0656 e. The second kappa shape index (κ2) is 6.53. The number of hydrogen-bond donors (Lipinski definition) is 1. The van der Waals surface area contributed by atoms with E-state index in [9.17, 15) is 0 Å². The van der Waals surface area contributed by atoms with Crippen LogP contribution in [0.4, 0.5) is 0 Å². The molecule has 0 fully saturated rings. The summed E-state index contributed by atoms with van der Waals surface area (Å²) in [6.07, 6.45) is 0. The number of ether oxygens (including phenoxy) is 1. The van der Waals surface area contributed by atoms with Crippen molar-refractivity contribution in [3.8, 4) is 0 Å². The van der Waals surface area contributed by atoms with Gasteiger partial charge in [0.2, 0.25) is 0 Å². The first-order chi connectivity index (χ1) is 8.44. The number of nitrogens with zero attached hydrogens (tertiary/aromatic N) is 1. The van der Waals surface area contributed by atoms with Crippen LogP contribution in [0.2, 0.25) is 5.02 Å². The molecule has 0 saturated heterocycles. The number of rotatable bonds is 6. The van der Waals surface area contributed by atoms with Crippen LogP contribution in [0.25, 0.3) is 0 Å². The van der Waals surface area contributed by atoms with Crippen LogP contribution in [0.15, 0.2) is 24.3 Å². The van der Waals surface area contributed by atoms with Crippen molar-refractivity contribution >= 4 is 11.6 Å². The molecule has 0 bridgehead atoms. The van der Waals surface area contributed by atoms with Crippen LogP contribution in [0.5, 0.6) is 0 Å². The van der Waals surface area contributed by atoms with Gasteiger partial charge >= 0.3 is 0 Å². The number of methoxy groups -OCH3 is 1. The van der Waals surface area contributed by atoms with Crippen molar-refractivity contribution in [3.05, 3.63) is 34.9 Å². The predicted octanol–water partition coefficient (Wildman–Crippen LogP) is 2.70. The van der Waals surface area contributed by atoms with Crippen LogP contribution in [0, 0.1) is 0 Å². The molecular weight excluding hydrogens is 248 g/mol. The Bertz CT molecular complexity index is 369. The molecule has 0 saturated carbocycles. The minimum absolute atomic E-state index is 0.173. The highest BCUT2D eigenvalue weighted by Crippen LogP contribution is 2.27. The molecule has 0 aromatic heterocycles. The number of hydrogen-bond acceptors (Lipinski definition) is 3. The van der Waals surface area contributed by atoms with E-state index in [0.29, 0.717) is 13.2 Å². The van der Waals surface area contributed by atoms with E-state index in [1.54, 1.807) is 7.11 Å². The van der Waals surface area contributed by atoms with E-state index < -0.39 is 0 Å². The van der Waals surface area contributed by atoms with E-state index in [2.05, 4.69) is 25.8 Å². The largest absolute Gasteiger partial charge is 0.383 e. The Labute approximate surface area is 115 Å². The quantitative estimate of drug-likeness (QED) is 0.864. The van der Waals surface area contributed by atoms with Crippen molar-refractivity contribution in [2.75, 3.05) is 27.3 Å². The van der Waals surface area contributed by atoms with E-state index in [1.807, 2.05) is 24.3 Å². The van der Waals surface area contributed by atoms with Crippen molar-refractivity contribution in [1.29, 1.82) is 0 Å². The average molecular weight is 271 g/mol. The number of halogens is 1. The van der Waals surface area contributed by atoms with Gasteiger partial charge < -0.3 is 10.5 Å². The van der Waals surface area contributed by atoms with Crippen LogP contribution in [0.1, 0.15) is 25.5 Å². The van der Waals surface area contributed by atoms with Crippen molar-refractivity contribution in [3.63, 3.8) is 0 Å². The normalized spacial score (nSPS) is 16.6. The monoisotopic (exact) mass is 270 g/mol. The lowest BCUT2D eigenvalue weighted by Crippen LogP contribution is -2.53. The van der Waals surface area contributed by atoms with E-state index in [-0.39, 0.29) is 11.6 Å². The van der Waals surface area contributed by atoms with Crippen molar-refractivity contribution in [1.82, 2.24) is 4.90 Å². The van der Waals surface area contributed by atoms with Gasteiger partial charge in [-0.2, -0.15) is 0 Å². The van der Waals surface area contributed by atoms with Gasteiger partial charge in [0, 0.05) is 24.7 Å². The summed E-state index contributed by atoms with van der Waals surface area (Å²) in [7, 11) is 3.78. The maximum atomic E-state index is 5.91. The molecule has 0 aliphatic rings. The maximum absolute atomic E-state index is 5.91. The highest BCUT2D eigenvalue weighted by atomic mass is 35.5. The Hall–Kier alpha value is -0.610. The van der Waals surface area contributed by atoms with Gasteiger partial charge in [0.05, 0.1) is 12.1 Å². The zero-order chi connectivity index (χ0) is 13.8. The summed E-state index contributed by atoms with van der Waals surface area (Å²) >= 11 is 5.91. The fourth-order valence-corrected chi connectivity index (χ4v) is 2.17. The predicted molar refractivity (Wildman–Crippen MR) is 77.0 cm³/mol. The van der Waals surface area contributed by atoms with Crippen molar-refractivity contribution in [2.45, 2.75) is 25.4 Å². The fourth-order valence-electron chi connectivity index (χ4n) is 2.05. The molecule has 0 radical (unpaired) electrons. The van der Waals surface area contributed by atoms with Gasteiger partial charge in [0.1, 0.15) is 0 Å². The third kappa shape index (κ3) is 3.45. The molecular formula is C14H23ClN2O. The second-order valence-corrected chi connectivity index (χ2v) is 5.41. The lowest BCUT2D eigenvalue weighted by atomic mass is 9.97. The van der Waals surface area contributed by atoms with Crippen LogP contribution < -0.4 is 5.73 Å². The van der Waals surface area contributed by atoms with Crippen LogP contribution in [-0.2, 0) is 4.74 Å². The Balaban J connectivity index is 2.88. The molecule has 0 spiro atoms. The summed E-state index contributed by atoms with van der Waals surface area (Å²) in [4.78, 5) is 2.25. The zero-order valence-corrected chi connectivity index (χ0v) is 12.4. The van der Waals surface area contributed by atoms with E-state index in [1.165, 1.54) is 5.56 Å². The molecule has 0 aliphatic heterocycles. The Morgan fingerprint density at radius 2 is 1.94 bits per heavy atom. The average Bonchev–Trinajstić information content (AvgIpc) is 2.38. The summed E-state index contributed by atoms with van der Waals surface area (Å²) in [5.74, 6) is 0. The molecule has 4 heteroatoms.